The lowest BCUT2D eigenvalue weighted by Crippen LogP contribution is -2.60. The summed E-state index contributed by atoms with van der Waals surface area (Å²) in [7, 11) is -1.80. The Kier molecular flexibility index (Phi) is 4.78. The molecule has 1 amide bonds. The number of carbonyl (C=O) groups excluding carboxylic acids is 1. The molecule has 25 heavy (non-hydrogen) atoms. The van der Waals surface area contributed by atoms with Crippen LogP contribution in [0.2, 0.25) is 0 Å². The number of amides is 1. The van der Waals surface area contributed by atoms with Crippen LogP contribution in [-0.4, -0.2) is 45.4 Å². The molecule has 1 fully saturated rings. The van der Waals surface area contributed by atoms with Crippen LogP contribution in [0.4, 0.5) is 5.69 Å². The molecule has 0 aliphatic carbocycles. The third-order valence-electron chi connectivity index (χ3n) is 4.25. The van der Waals surface area contributed by atoms with Gasteiger partial charge in [0.1, 0.15) is 0 Å². The van der Waals surface area contributed by atoms with E-state index in [0.717, 1.165) is 11.3 Å². The summed E-state index contributed by atoms with van der Waals surface area (Å²) in [5.41, 5.74) is 2.35. The van der Waals surface area contributed by atoms with Gasteiger partial charge in [0.05, 0.1) is 16.5 Å². The molecule has 1 heterocycles. The summed E-state index contributed by atoms with van der Waals surface area (Å²) in [5.74, 6) is -0.101. The zero-order valence-corrected chi connectivity index (χ0v) is 15.0. The van der Waals surface area contributed by atoms with Crippen LogP contribution in [-0.2, 0) is 10.0 Å². The van der Waals surface area contributed by atoms with Crippen molar-refractivity contribution in [3.63, 3.8) is 0 Å². The predicted octanol–water partition coefficient (Wildman–Crippen LogP) is 1.84. The number of sulfonamides is 1. The number of rotatable bonds is 5. The average molecular weight is 359 g/mol. The molecule has 6 nitrogen and oxygen atoms in total. The number of hydrogen-bond acceptors (Lipinski definition) is 4. The zero-order chi connectivity index (χ0) is 18.0. The maximum atomic E-state index is 12.5. The maximum Gasteiger partial charge on any atom is 0.256 e. The molecule has 0 spiro atoms. The number of anilines is 1. The van der Waals surface area contributed by atoms with E-state index >= 15 is 0 Å². The molecule has 2 aromatic carbocycles. The van der Waals surface area contributed by atoms with Crippen LogP contribution in [0.5, 0.6) is 0 Å². The summed E-state index contributed by atoms with van der Waals surface area (Å²) in [5, 5.41) is 3.00. The van der Waals surface area contributed by atoms with Crippen LogP contribution in [0.15, 0.2) is 53.4 Å². The molecule has 1 saturated heterocycles. The molecule has 0 aromatic heterocycles. The van der Waals surface area contributed by atoms with E-state index in [9.17, 15) is 13.2 Å². The lowest BCUT2D eigenvalue weighted by atomic mass is 10.1. The number of aryl methyl sites for hydroxylation is 1. The molecule has 1 aliphatic heterocycles. The Morgan fingerprint density at radius 1 is 1.08 bits per heavy atom. The molecule has 0 radical (unpaired) electrons. The van der Waals surface area contributed by atoms with Gasteiger partial charge >= 0.3 is 0 Å². The van der Waals surface area contributed by atoms with Gasteiger partial charge in [0, 0.05) is 25.8 Å². The fourth-order valence-electron chi connectivity index (χ4n) is 2.78. The van der Waals surface area contributed by atoms with Crippen molar-refractivity contribution in [1.82, 2.24) is 9.62 Å². The van der Waals surface area contributed by atoms with E-state index in [-0.39, 0.29) is 16.8 Å². The highest BCUT2D eigenvalue weighted by molar-refractivity contribution is 7.89. The van der Waals surface area contributed by atoms with Crippen molar-refractivity contribution < 1.29 is 13.2 Å². The first-order chi connectivity index (χ1) is 11.9. The lowest BCUT2D eigenvalue weighted by molar-refractivity contribution is 0.0593. The van der Waals surface area contributed by atoms with Crippen LogP contribution in [0.3, 0.4) is 0 Å². The van der Waals surface area contributed by atoms with Crippen LogP contribution in [0, 0.1) is 6.92 Å². The van der Waals surface area contributed by atoms with Crippen molar-refractivity contribution in [3.05, 3.63) is 59.7 Å². The van der Waals surface area contributed by atoms with Gasteiger partial charge in [-0.25, -0.2) is 13.1 Å². The Labute approximate surface area is 147 Å². The predicted molar refractivity (Wildman–Crippen MR) is 97.2 cm³/mol. The summed E-state index contributed by atoms with van der Waals surface area (Å²) < 4.78 is 27.4. The summed E-state index contributed by atoms with van der Waals surface area (Å²) >= 11 is 0. The molecule has 2 aromatic rings. The normalized spacial score (nSPS) is 14.9. The quantitative estimate of drug-likeness (QED) is 0.854. The van der Waals surface area contributed by atoms with Crippen molar-refractivity contribution in [2.24, 2.45) is 0 Å². The lowest BCUT2D eigenvalue weighted by Gasteiger charge is -2.39. The molecule has 3 rings (SSSR count). The Bertz CT molecular complexity index is 873. The van der Waals surface area contributed by atoms with Crippen molar-refractivity contribution in [3.8, 4) is 0 Å². The Balaban J connectivity index is 1.62. The fourth-order valence-corrected chi connectivity index (χ4v) is 4.00. The second-order valence-electron chi connectivity index (χ2n) is 6.14. The zero-order valence-electron chi connectivity index (χ0n) is 14.2. The van der Waals surface area contributed by atoms with Crippen molar-refractivity contribution in [1.29, 1.82) is 0 Å². The maximum absolute atomic E-state index is 12.5. The molecule has 132 valence electrons. The molecule has 0 atom stereocenters. The van der Waals surface area contributed by atoms with Crippen LogP contribution >= 0.6 is 0 Å². The van der Waals surface area contributed by atoms with E-state index in [2.05, 4.69) is 10.0 Å². The van der Waals surface area contributed by atoms with E-state index in [1.807, 2.05) is 25.1 Å². The smallest absolute Gasteiger partial charge is 0.256 e. The third kappa shape index (κ3) is 3.67. The Hall–Kier alpha value is -2.38. The highest BCUT2D eigenvalue weighted by Crippen LogP contribution is 2.21. The molecule has 1 aliphatic rings. The highest BCUT2D eigenvalue weighted by Gasteiger charge is 2.34. The first-order valence-electron chi connectivity index (χ1n) is 8.06. The van der Waals surface area contributed by atoms with Crippen molar-refractivity contribution in [2.75, 3.05) is 25.5 Å². The number of carbonyl (C=O) groups is 1. The molecular formula is C18H21N3O3S. The van der Waals surface area contributed by atoms with Crippen LogP contribution < -0.4 is 10.0 Å². The van der Waals surface area contributed by atoms with Gasteiger partial charge in [-0.3, -0.25) is 4.79 Å². The van der Waals surface area contributed by atoms with Gasteiger partial charge in [-0.05, 0) is 31.2 Å². The molecule has 7 heteroatoms. The van der Waals surface area contributed by atoms with Gasteiger partial charge in [0.15, 0.2) is 0 Å². The SMILES string of the molecule is CNc1ccccc1C(=O)N1CC(NS(=O)(=O)c2ccc(C)cc2)C1. The number of nitrogens with zero attached hydrogens (tertiary/aromatic N) is 1. The van der Waals surface area contributed by atoms with Crippen molar-refractivity contribution in [2.45, 2.75) is 17.9 Å². The number of nitrogens with one attached hydrogen (secondary N) is 2. The number of likely N-dealkylation sites (tertiary alicyclic amines) is 1. The highest BCUT2D eigenvalue weighted by atomic mass is 32.2. The molecular weight excluding hydrogens is 338 g/mol. The topological polar surface area (TPSA) is 78.5 Å². The minimum Gasteiger partial charge on any atom is -0.387 e. The number of para-hydroxylation sites is 1. The molecule has 2 N–H and O–H groups in total. The fraction of sp³-hybridized carbons (Fsp3) is 0.278. The second kappa shape index (κ2) is 6.85. The Morgan fingerprint density at radius 3 is 2.36 bits per heavy atom. The summed E-state index contributed by atoms with van der Waals surface area (Å²) in [6.07, 6.45) is 0. The monoisotopic (exact) mass is 359 g/mol. The van der Waals surface area contributed by atoms with Gasteiger partial charge < -0.3 is 10.2 Å². The first-order valence-corrected chi connectivity index (χ1v) is 9.54. The van der Waals surface area contributed by atoms with E-state index in [1.54, 1.807) is 42.3 Å². The molecule has 0 saturated carbocycles. The van der Waals surface area contributed by atoms with Gasteiger partial charge in [-0.15, -0.1) is 0 Å². The van der Waals surface area contributed by atoms with Gasteiger partial charge in [-0.2, -0.15) is 0 Å². The number of benzene rings is 2. The minimum absolute atomic E-state index is 0.101. The van der Waals surface area contributed by atoms with E-state index in [1.165, 1.54) is 0 Å². The average Bonchev–Trinajstić information content (AvgIpc) is 2.57. The van der Waals surface area contributed by atoms with Crippen LogP contribution in [0.1, 0.15) is 15.9 Å². The van der Waals surface area contributed by atoms with E-state index < -0.39 is 10.0 Å². The standard InChI is InChI=1S/C18H21N3O3S/c1-13-7-9-15(10-8-13)25(23,24)20-14-11-21(12-14)18(22)16-5-3-4-6-17(16)19-2/h3-10,14,19-20H,11-12H2,1-2H3. The van der Waals surface area contributed by atoms with E-state index in [4.69, 9.17) is 0 Å². The molecule has 0 bridgehead atoms. The largest absolute Gasteiger partial charge is 0.387 e. The minimum atomic E-state index is -3.56. The van der Waals surface area contributed by atoms with E-state index in [0.29, 0.717) is 18.7 Å². The summed E-state index contributed by atoms with van der Waals surface area (Å²) in [4.78, 5) is 14.4. The summed E-state index contributed by atoms with van der Waals surface area (Å²) in [6.45, 7) is 2.63. The van der Waals surface area contributed by atoms with Gasteiger partial charge in [-0.1, -0.05) is 29.8 Å². The summed E-state index contributed by atoms with van der Waals surface area (Å²) in [6, 6.07) is 13.7. The van der Waals surface area contributed by atoms with Crippen molar-refractivity contribution >= 4 is 21.6 Å². The van der Waals surface area contributed by atoms with Gasteiger partial charge in [0.2, 0.25) is 10.0 Å². The van der Waals surface area contributed by atoms with Gasteiger partial charge in [0.25, 0.3) is 5.91 Å². The second-order valence-corrected chi connectivity index (χ2v) is 7.85. The number of hydrogen-bond donors (Lipinski definition) is 2. The Morgan fingerprint density at radius 2 is 1.72 bits per heavy atom. The third-order valence-corrected chi connectivity index (χ3v) is 5.79. The molecule has 0 unspecified atom stereocenters. The first kappa shape index (κ1) is 17.4. The van der Waals surface area contributed by atoms with Crippen LogP contribution in [0.25, 0.3) is 0 Å².